The van der Waals surface area contributed by atoms with Crippen LogP contribution in [0.5, 0.6) is 0 Å². The molecule has 1 amide bonds. The monoisotopic (exact) mass is 344 g/mol. The average molecular weight is 344 g/mol. The van der Waals surface area contributed by atoms with Gasteiger partial charge in [-0.3, -0.25) is 4.79 Å². The molecule has 0 unspecified atom stereocenters. The van der Waals surface area contributed by atoms with E-state index in [1.807, 2.05) is 6.07 Å². The van der Waals surface area contributed by atoms with Gasteiger partial charge in [-0.1, -0.05) is 12.8 Å². The number of piperazine rings is 1. The Morgan fingerprint density at radius 1 is 1.39 bits per heavy atom. The van der Waals surface area contributed by atoms with E-state index >= 15 is 0 Å². The minimum absolute atomic E-state index is 0.108. The third-order valence-corrected chi connectivity index (χ3v) is 6.40. The number of rotatable bonds is 7. The fraction of sp³-hybridized carbons (Fsp3) is 0.857. The van der Waals surface area contributed by atoms with Gasteiger partial charge in [0.15, 0.2) is 0 Å². The Kier molecular flexibility index (Phi) is 6.35. The number of hydrogen-bond acceptors (Lipinski definition) is 5. The van der Waals surface area contributed by atoms with Crippen LogP contribution in [0.3, 0.4) is 0 Å². The zero-order valence-corrected chi connectivity index (χ0v) is 14.2. The highest BCUT2D eigenvalue weighted by atomic mass is 32.2. The number of carbonyl (C=O) groups excluding carboxylic acids is 1. The van der Waals surface area contributed by atoms with Crippen LogP contribution >= 0.6 is 0 Å². The molecule has 0 bridgehead atoms. The molecule has 8 nitrogen and oxygen atoms in total. The minimum Gasteiger partial charge on any atom is -0.383 e. The normalized spacial score (nSPS) is 25.7. The maximum Gasteiger partial charge on any atom is 0.282 e. The Morgan fingerprint density at radius 3 is 2.83 bits per heavy atom. The summed E-state index contributed by atoms with van der Waals surface area (Å²) in [6, 6.07) is 1.66. The van der Waals surface area contributed by atoms with Crippen LogP contribution in [0.25, 0.3) is 0 Å². The summed E-state index contributed by atoms with van der Waals surface area (Å²) in [5.74, 6) is -0.260. The van der Waals surface area contributed by atoms with Crippen molar-refractivity contribution in [3.63, 3.8) is 0 Å². The molecule has 0 aromatic heterocycles. The molecule has 1 saturated heterocycles. The molecule has 1 aliphatic carbocycles. The van der Waals surface area contributed by atoms with Crippen LogP contribution in [-0.2, 0) is 19.7 Å². The second-order valence-corrected chi connectivity index (χ2v) is 7.76. The van der Waals surface area contributed by atoms with Gasteiger partial charge in [-0.2, -0.15) is 22.3 Å². The summed E-state index contributed by atoms with van der Waals surface area (Å²) in [5, 5.41) is 11.7. The molecule has 2 aliphatic rings. The summed E-state index contributed by atoms with van der Waals surface area (Å²) in [6.07, 6.45) is 3.62. The van der Waals surface area contributed by atoms with Crippen LogP contribution in [0.4, 0.5) is 0 Å². The van der Waals surface area contributed by atoms with Gasteiger partial charge in [-0.05, 0) is 12.8 Å². The standard InChI is InChI=1S/C14H24N4O4S/c1-22-10-9-17(8-4-7-15)23(20,21)18-11-14(19)16-12-5-2-3-6-13(12)18/h12-13H,2-6,8-11H2,1H3,(H,16,19)/t12-,13-/m1/s1. The lowest BCUT2D eigenvalue weighted by Gasteiger charge is -2.44. The Hall–Kier alpha value is -1.21. The van der Waals surface area contributed by atoms with E-state index in [1.54, 1.807) is 0 Å². The van der Waals surface area contributed by atoms with Crippen molar-refractivity contribution in [3.8, 4) is 6.07 Å². The molecule has 2 atom stereocenters. The summed E-state index contributed by atoms with van der Waals surface area (Å²) in [4.78, 5) is 11.9. The number of nitrogens with one attached hydrogen (secondary N) is 1. The van der Waals surface area contributed by atoms with Crippen LogP contribution in [0.15, 0.2) is 0 Å². The van der Waals surface area contributed by atoms with Crippen molar-refractivity contribution in [1.29, 1.82) is 5.26 Å². The maximum atomic E-state index is 13.0. The van der Waals surface area contributed by atoms with Gasteiger partial charge in [0, 0.05) is 38.7 Å². The van der Waals surface area contributed by atoms with Crippen LogP contribution < -0.4 is 5.32 Å². The summed E-state index contributed by atoms with van der Waals surface area (Å²) in [7, 11) is -2.30. The second-order valence-electron chi connectivity index (χ2n) is 5.88. The second kappa shape index (κ2) is 8.06. The third kappa shape index (κ3) is 4.20. The van der Waals surface area contributed by atoms with E-state index in [4.69, 9.17) is 10.00 Å². The van der Waals surface area contributed by atoms with Crippen molar-refractivity contribution >= 4 is 16.1 Å². The fourth-order valence-electron chi connectivity index (χ4n) is 3.25. The summed E-state index contributed by atoms with van der Waals surface area (Å²) in [5.41, 5.74) is 0. The molecule has 9 heteroatoms. The molecule has 130 valence electrons. The summed E-state index contributed by atoms with van der Waals surface area (Å²) in [6.45, 7) is 0.381. The Morgan fingerprint density at radius 2 is 2.13 bits per heavy atom. The number of ether oxygens (including phenoxy) is 1. The lowest BCUT2D eigenvalue weighted by Crippen LogP contribution is -2.64. The fourth-order valence-corrected chi connectivity index (χ4v) is 5.05. The van der Waals surface area contributed by atoms with Gasteiger partial charge < -0.3 is 10.1 Å². The third-order valence-electron chi connectivity index (χ3n) is 4.39. The lowest BCUT2D eigenvalue weighted by atomic mass is 9.89. The Labute approximate surface area is 137 Å². The zero-order valence-electron chi connectivity index (χ0n) is 13.4. The molecule has 0 aromatic rings. The van der Waals surface area contributed by atoms with E-state index in [0.717, 1.165) is 25.7 Å². The van der Waals surface area contributed by atoms with Crippen molar-refractivity contribution in [3.05, 3.63) is 0 Å². The van der Waals surface area contributed by atoms with E-state index in [1.165, 1.54) is 15.7 Å². The van der Waals surface area contributed by atoms with Crippen LogP contribution in [0.2, 0.25) is 0 Å². The van der Waals surface area contributed by atoms with Crippen molar-refractivity contribution in [2.75, 3.05) is 33.4 Å². The van der Waals surface area contributed by atoms with Gasteiger partial charge in [0.25, 0.3) is 10.2 Å². The topological polar surface area (TPSA) is 103 Å². The van der Waals surface area contributed by atoms with E-state index in [2.05, 4.69) is 5.32 Å². The highest BCUT2D eigenvalue weighted by Crippen LogP contribution is 2.28. The quantitative estimate of drug-likeness (QED) is 0.691. The van der Waals surface area contributed by atoms with E-state index in [-0.39, 0.29) is 50.7 Å². The molecule has 0 aromatic carbocycles. The van der Waals surface area contributed by atoms with Gasteiger partial charge >= 0.3 is 0 Å². The van der Waals surface area contributed by atoms with Crippen molar-refractivity contribution in [1.82, 2.24) is 13.9 Å². The number of hydrogen-bond donors (Lipinski definition) is 1. The van der Waals surface area contributed by atoms with E-state index in [9.17, 15) is 13.2 Å². The minimum atomic E-state index is -3.80. The Bertz CT molecular complexity index is 560. The molecule has 1 saturated carbocycles. The first-order valence-electron chi connectivity index (χ1n) is 7.93. The number of fused-ring (bicyclic) bond motifs is 1. The predicted octanol–water partition coefficient (Wildman–Crippen LogP) is -0.164. The van der Waals surface area contributed by atoms with Gasteiger partial charge in [0.2, 0.25) is 5.91 Å². The average Bonchev–Trinajstić information content (AvgIpc) is 2.53. The molecule has 2 rings (SSSR count). The van der Waals surface area contributed by atoms with Crippen LogP contribution in [0.1, 0.15) is 32.1 Å². The molecule has 2 fully saturated rings. The number of nitrogens with zero attached hydrogens (tertiary/aromatic N) is 3. The van der Waals surface area contributed by atoms with Crippen LogP contribution in [0, 0.1) is 11.3 Å². The smallest absolute Gasteiger partial charge is 0.282 e. The predicted molar refractivity (Wildman–Crippen MR) is 83.5 cm³/mol. The Balaban J connectivity index is 2.22. The number of amides is 1. The largest absolute Gasteiger partial charge is 0.383 e. The number of methoxy groups -OCH3 is 1. The molecule has 1 N–H and O–H groups in total. The lowest BCUT2D eigenvalue weighted by molar-refractivity contribution is -0.125. The zero-order chi connectivity index (χ0) is 16.9. The van der Waals surface area contributed by atoms with E-state index < -0.39 is 10.2 Å². The first-order chi connectivity index (χ1) is 11.0. The molecular formula is C14H24N4O4S. The SMILES string of the molecule is COCCN(CCC#N)S(=O)(=O)N1CC(=O)N[C@@H]2CCCC[C@H]21. The molecule has 1 aliphatic heterocycles. The summed E-state index contributed by atoms with van der Waals surface area (Å²) >= 11 is 0. The molecule has 1 heterocycles. The molecule has 0 spiro atoms. The van der Waals surface area contributed by atoms with Gasteiger partial charge in [0.1, 0.15) is 0 Å². The molecule has 0 radical (unpaired) electrons. The van der Waals surface area contributed by atoms with Crippen LogP contribution in [-0.4, -0.2) is 68.4 Å². The van der Waals surface area contributed by atoms with Gasteiger partial charge in [-0.15, -0.1) is 0 Å². The van der Waals surface area contributed by atoms with Gasteiger partial charge in [-0.25, -0.2) is 0 Å². The van der Waals surface area contributed by atoms with Crippen molar-refractivity contribution < 1.29 is 17.9 Å². The highest BCUT2D eigenvalue weighted by molar-refractivity contribution is 7.86. The number of nitriles is 1. The highest BCUT2D eigenvalue weighted by Gasteiger charge is 2.44. The first-order valence-corrected chi connectivity index (χ1v) is 9.32. The first kappa shape index (κ1) is 18.1. The molecular weight excluding hydrogens is 320 g/mol. The summed E-state index contributed by atoms with van der Waals surface area (Å²) < 4.78 is 33.6. The van der Waals surface area contributed by atoms with E-state index in [0.29, 0.717) is 0 Å². The molecule has 23 heavy (non-hydrogen) atoms. The maximum absolute atomic E-state index is 13.0. The number of carbonyl (C=O) groups is 1. The van der Waals surface area contributed by atoms with Crippen molar-refractivity contribution in [2.45, 2.75) is 44.2 Å². The van der Waals surface area contributed by atoms with Gasteiger partial charge in [0.05, 0.1) is 19.2 Å². The van der Waals surface area contributed by atoms with Crippen molar-refractivity contribution in [2.24, 2.45) is 0 Å².